The second kappa shape index (κ2) is 7.07. The molecule has 2 aliphatic rings. The maximum Gasteiger partial charge on any atom is 0.0593 e. The molecule has 2 saturated heterocycles. The summed E-state index contributed by atoms with van der Waals surface area (Å²) in [6, 6.07) is 6.80. The maximum absolute atomic E-state index is 5.98. The largest absolute Gasteiger partial charge is 0.379 e. The average molecular weight is 303 g/mol. The first-order valence-electron chi connectivity index (χ1n) is 8.61. The van der Waals surface area contributed by atoms with Crippen molar-refractivity contribution in [1.82, 2.24) is 14.8 Å². The molecule has 0 N–H and O–H groups in total. The smallest absolute Gasteiger partial charge is 0.0593 e. The Hall–Kier alpha value is -0.970. The van der Waals surface area contributed by atoms with E-state index >= 15 is 0 Å². The molecular formula is C18H29N3O. The van der Waals surface area contributed by atoms with Gasteiger partial charge in [0.2, 0.25) is 0 Å². The van der Waals surface area contributed by atoms with Crippen LogP contribution in [0.4, 0.5) is 0 Å². The highest BCUT2D eigenvalue weighted by atomic mass is 16.5. The van der Waals surface area contributed by atoms with Gasteiger partial charge >= 0.3 is 0 Å². The zero-order valence-electron chi connectivity index (χ0n) is 14.0. The molecule has 1 spiro atoms. The van der Waals surface area contributed by atoms with Crippen LogP contribution < -0.4 is 0 Å². The maximum atomic E-state index is 5.98. The Morgan fingerprint density at radius 2 is 2.18 bits per heavy atom. The van der Waals surface area contributed by atoms with Gasteiger partial charge in [0.15, 0.2) is 0 Å². The van der Waals surface area contributed by atoms with E-state index < -0.39 is 0 Å². The van der Waals surface area contributed by atoms with E-state index in [2.05, 4.69) is 40.8 Å². The number of hydrogen-bond donors (Lipinski definition) is 0. The lowest BCUT2D eigenvalue weighted by molar-refractivity contribution is 0.000613. The number of likely N-dealkylation sites (tertiary alicyclic amines) is 1. The quantitative estimate of drug-likeness (QED) is 0.857. The first-order valence-corrected chi connectivity index (χ1v) is 8.61. The van der Waals surface area contributed by atoms with Gasteiger partial charge in [-0.1, -0.05) is 6.07 Å². The van der Waals surface area contributed by atoms with Crippen LogP contribution in [0.2, 0.25) is 0 Å². The Kier molecular flexibility index (Phi) is 5.11. The summed E-state index contributed by atoms with van der Waals surface area (Å²) in [5.41, 5.74) is 1.48. The summed E-state index contributed by atoms with van der Waals surface area (Å²) in [6.45, 7) is 11.9. The summed E-state index contributed by atoms with van der Waals surface area (Å²) in [5, 5.41) is 0. The Morgan fingerprint density at radius 3 is 2.95 bits per heavy atom. The number of aromatic nitrogens is 1. The highest BCUT2D eigenvalue weighted by Crippen LogP contribution is 2.34. The molecule has 0 radical (unpaired) electrons. The summed E-state index contributed by atoms with van der Waals surface area (Å²) in [4.78, 5) is 9.65. The summed E-state index contributed by atoms with van der Waals surface area (Å²) in [5.74, 6) is 0. The van der Waals surface area contributed by atoms with Crippen LogP contribution in [0.15, 0.2) is 24.4 Å². The number of hydrogen-bond acceptors (Lipinski definition) is 4. The van der Waals surface area contributed by atoms with Gasteiger partial charge < -0.3 is 4.74 Å². The van der Waals surface area contributed by atoms with E-state index in [-0.39, 0.29) is 0 Å². The predicted octanol–water partition coefficient (Wildman–Crippen LogP) is 2.40. The topological polar surface area (TPSA) is 28.6 Å². The van der Waals surface area contributed by atoms with E-state index in [1.54, 1.807) is 0 Å². The fourth-order valence-corrected chi connectivity index (χ4v) is 3.88. The molecule has 1 aromatic rings. The summed E-state index contributed by atoms with van der Waals surface area (Å²) in [6.07, 6.45) is 4.45. The van der Waals surface area contributed by atoms with Gasteiger partial charge in [0.05, 0.1) is 18.9 Å². The number of pyridine rings is 1. The fraction of sp³-hybridized carbons (Fsp3) is 0.722. The molecule has 0 aromatic carbocycles. The molecule has 4 heteroatoms. The minimum absolute atomic E-state index is 0.299. The molecule has 0 unspecified atom stereocenters. The van der Waals surface area contributed by atoms with Gasteiger partial charge in [0.1, 0.15) is 0 Å². The van der Waals surface area contributed by atoms with Crippen molar-refractivity contribution in [2.45, 2.75) is 39.3 Å². The molecule has 0 bridgehead atoms. The molecule has 1 aromatic heterocycles. The molecule has 122 valence electrons. The third-order valence-corrected chi connectivity index (χ3v) is 5.05. The zero-order valence-corrected chi connectivity index (χ0v) is 14.0. The van der Waals surface area contributed by atoms with Gasteiger partial charge in [-0.25, -0.2) is 0 Å². The van der Waals surface area contributed by atoms with Crippen molar-refractivity contribution in [3.8, 4) is 0 Å². The lowest BCUT2D eigenvalue weighted by Crippen LogP contribution is -2.51. The van der Waals surface area contributed by atoms with Gasteiger partial charge in [-0.3, -0.25) is 14.8 Å². The van der Waals surface area contributed by atoms with E-state index in [4.69, 9.17) is 4.74 Å². The van der Waals surface area contributed by atoms with Crippen LogP contribution in [0.1, 0.15) is 32.4 Å². The Morgan fingerprint density at radius 1 is 1.27 bits per heavy atom. The third-order valence-electron chi connectivity index (χ3n) is 5.05. The van der Waals surface area contributed by atoms with Crippen LogP contribution in [0.5, 0.6) is 0 Å². The van der Waals surface area contributed by atoms with Crippen LogP contribution >= 0.6 is 0 Å². The SMILES string of the molecule is CC(C)N1CCOC[C@]2(CCCN(Cc3ccccn3)C2)C1. The fourth-order valence-electron chi connectivity index (χ4n) is 3.88. The second-order valence-electron chi connectivity index (χ2n) is 7.25. The standard InChI is InChI=1S/C18H29N3O/c1-16(2)21-10-11-22-15-18(14-21)7-5-9-20(13-18)12-17-6-3-4-8-19-17/h3-4,6,8,16H,5,7,9-15H2,1-2H3/t18-/m0/s1. The summed E-state index contributed by atoms with van der Waals surface area (Å²) < 4.78 is 5.98. The zero-order chi connectivity index (χ0) is 15.4. The van der Waals surface area contributed by atoms with Crippen LogP contribution in [0.3, 0.4) is 0 Å². The summed E-state index contributed by atoms with van der Waals surface area (Å²) in [7, 11) is 0. The van der Waals surface area contributed by atoms with E-state index in [9.17, 15) is 0 Å². The lowest BCUT2D eigenvalue weighted by atomic mass is 9.79. The molecule has 22 heavy (non-hydrogen) atoms. The van der Waals surface area contributed by atoms with Gasteiger partial charge in [0, 0.05) is 43.8 Å². The molecule has 3 rings (SSSR count). The van der Waals surface area contributed by atoms with E-state index in [0.29, 0.717) is 11.5 Å². The van der Waals surface area contributed by atoms with Crippen LogP contribution in [0, 0.1) is 5.41 Å². The van der Waals surface area contributed by atoms with Crippen molar-refractivity contribution in [3.63, 3.8) is 0 Å². The van der Waals surface area contributed by atoms with E-state index in [1.807, 2.05) is 12.3 Å². The molecule has 0 saturated carbocycles. The van der Waals surface area contributed by atoms with Gasteiger partial charge in [-0.2, -0.15) is 0 Å². The van der Waals surface area contributed by atoms with Crippen LogP contribution in [-0.4, -0.2) is 60.2 Å². The highest BCUT2D eigenvalue weighted by Gasteiger charge is 2.39. The number of rotatable bonds is 3. The molecule has 1 atom stereocenters. The van der Waals surface area contributed by atoms with Crippen LogP contribution in [-0.2, 0) is 11.3 Å². The van der Waals surface area contributed by atoms with Crippen molar-refractivity contribution < 1.29 is 4.74 Å². The van der Waals surface area contributed by atoms with E-state index in [0.717, 1.165) is 32.8 Å². The molecule has 4 nitrogen and oxygen atoms in total. The van der Waals surface area contributed by atoms with Crippen LogP contribution in [0.25, 0.3) is 0 Å². The second-order valence-corrected chi connectivity index (χ2v) is 7.25. The Balaban J connectivity index is 1.68. The Bertz CT molecular complexity index is 465. The number of ether oxygens (including phenoxy) is 1. The first kappa shape index (κ1) is 15.9. The van der Waals surface area contributed by atoms with Crippen molar-refractivity contribution in [2.24, 2.45) is 5.41 Å². The van der Waals surface area contributed by atoms with Crippen molar-refractivity contribution in [3.05, 3.63) is 30.1 Å². The number of nitrogens with zero attached hydrogens (tertiary/aromatic N) is 3. The van der Waals surface area contributed by atoms with Crippen molar-refractivity contribution in [1.29, 1.82) is 0 Å². The molecule has 0 amide bonds. The Labute approximate surface area is 134 Å². The molecule has 0 aliphatic carbocycles. The monoisotopic (exact) mass is 303 g/mol. The number of piperidine rings is 1. The predicted molar refractivity (Wildman–Crippen MR) is 88.7 cm³/mol. The highest BCUT2D eigenvalue weighted by molar-refractivity contribution is 5.04. The summed E-state index contributed by atoms with van der Waals surface area (Å²) >= 11 is 0. The van der Waals surface area contributed by atoms with E-state index in [1.165, 1.54) is 31.6 Å². The minimum Gasteiger partial charge on any atom is -0.379 e. The van der Waals surface area contributed by atoms with Crippen molar-refractivity contribution >= 4 is 0 Å². The molecule has 2 fully saturated rings. The van der Waals surface area contributed by atoms with Gasteiger partial charge in [-0.05, 0) is 45.4 Å². The lowest BCUT2D eigenvalue weighted by Gasteiger charge is -2.44. The van der Waals surface area contributed by atoms with Gasteiger partial charge in [-0.15, -0.1) is 0 Å². The molecule has 3 heterocycles. The average Bonchev–Trinajstić information content (AvgIpc) is 2.71. The third kappa shape index (κ3) is 3.86. The molecule has 2 aliphatic heterocycles. The van der Waals surface area contributed by atoms with Gasteiger partial charge in [0.25, 0.3) is 0 Å². The molecular weight excluding hydrogens is 274 g/mol. The van der Waals surface area contributed by atoms with Crippen molar-refractivity contribution in [2.75, 3.05) is 39.4 Å². The first-order chi connectivity index (χ1) is 10.7. The minimum atomic E-state index is 0.299. The normalized spacial score (nSPS) is 28.1.